The van der Waals surface area contributed by atoms with E-state index in [9.17, 15) is 4.79 Å². The Morgan fingerprint density at radius 3 is 2.46 bits per heavy atom. The lowest BCUT2D eigenvalue weighted by Gasteiger charge is -2.26. The summed E-state index contributed by atoms with van der Waals surface area (Å²) in [6.07, 6.45) is 2.45. The topological polar surface area (TPSA) is 46.5 Å². The smallest absolute Gasteiger partial charge is 0.419 e. The molecule has 0 radical (unpaired) electrons. The monoisotopic (exact) mass is 399 g/mol. The average molecular weight is 400 g/mol. The van der Waals surface area contributed by atoms with Crippen molar-refractivity contribution in [3.8, 4) is 0 Å². The van der Waals surface area contributed by atoms with Crippen LogP contribution in [0.3, 0.4) is 0 Å². The standard InChI is InChI=1S/C18H30BrN3O2/c1-9-13(21(7)8)15-10-12(2)14(11-16(19)20-6)22(15)17(23)24-18(3,4)5/h10-11,13,20H,9H2,1-8H3/b16-11-. The van der Waals surface area contributed by atoms with Crippen molar-refractivity contribution in [1.82, 2.24) is 14.8 Å². The predicted octanol–water partition coefficient (Wildman–Crippen LogP) is 4.51. The Labute approximate surface area is 154 Å². The van der Waals surface area contributed by atoms with Gasteiger partial charge in [0, 0.05) is 18.8 Å². The molecule has 0 aromatic carbocycles. The number of carbonyl (C=O) groups excluding carboxylic acids is 1. The molecule has 0 saturated carbocycles. The molecule has 0 fully saturated rings. The molecule has 1 atom stereocenters. The molecule has 1 aromatic heterocycles. The molecule has 1 aromatic rings. The highest BCUT2D eigenvalue weighted by Gasteiger charge is 2.27. The number of hydrogen-bond acceptors (Lipinski definition) is 4. The minimum atomic E-state index is -0.548. The van der Waals surface area contributed by atoms with Crippen LogP contribution in [-0.2, 0) is 4.74 Å². The van der Waals surface area contributed by atoms with Crippen molar-refractivity contribution in [1.29, 1.82) is 0 Å². The highest BCUT2D eigenvalue weighted by Crippen LogP contribution is 2.29. The van der Waals surface area contributed by atoms with E-state index in [4.69, 9.17) is 4.74 Å². The van der Waals surface area contributed by atoms with Crippen molar-refractivity contribution < 1.29 is 9.53 Å². The van der Waals surface area contributed by atoms with E-state index in [1.807, 2.05) is 54.9 Å². The molecule has 0 aliphatic carbocycles. The molecule has 1 unspecified atom stereocenters. The van der Waals surface area contributed by atoms with E-state index in [1.54, 1.807) is 4.57 Å². The van der Waals surface area contributed by atoms with Gasteiger partial charge in [0.1, 0.15) is 5.60 Å². The minimum absolute atomic E-state index is 0.131. The van der Waals surface area contributed by atoms with Gasteiger partial charge in [0.05, 0.1) is 10.3 Å². The zero-order valence-corrected chi connectivity index (χ0v) is 17.6. The molecule has 0 amide bonds. The molecular formula is C18H30BrN3O2. The van der Waals surface area contributed by atoms with Crippen LogP contribution in [0.5, 0.6) is 0 Å². The Kier molecular flexibility index (Phi) is 7.10. The zero-order valence-electron chi connectivity index (χ0n) is 16.0. The maximum atomic E-state index is 12.9. The van der Waals surface area contributed by atoms with Crippen LogP contribution in [0.25, 0.3) is 6.08 Å². The number of rotatable bonds is 5. The van der Waals surface area contributed by atoms with Gasteiger partial charge in [-0.1, -0.05) is 6.92 Å². The molecule has 1 heterocycles. The first kappa shape index (κ1) is 20.8. The van der Waals surface area contributed by atoms with Gasteiger partial charge in [-0.05, 0) is 81.8 Å². The van der Waals surface area contributed by atoms with Crippen molar-refractivity contribution in [2.24, 2.45) is 0 Å². The van der Waals surface area contributed by atoms with Crippen LogP contribution in [0.1, 0.15) is 57.1 Å². The Balaban J connectivity index is 3.55. The first-order valence-electron chi connectivity index (χ1n) is 8.18. The fourth-order valence-corrected chi connectivity index (χ4v) is 2.86. The summed E-state index contributed by atoms with van der Waals surface area (Å²) in [5, 5.41) is 3.03. The molecule has 6 heteroatoms. The van der Waals surface area contributed by atoms with Gasteiger partial charge < -0.3 is 15.0 Å². The second-order valence-electron chi connectivity index (χ2n) is 7.08. The second-order valence-corrected chi connectivity index (χ2v) is 7.94. The van der Waals surface area contributed by atoms with Gasteiger partial charge in [-0.3, -0.25) is 0 Å². The third-order valence-electron chi connectivity index (χ3n) is 3.70. The van der Waals surface area contributed by atoms with Gasteiger partial charge in [0.15, 0.2) is 0 Å². The number of aryl methyl sites for hydroxylation is 1. The van der Waals surface area contributed by atoms with Gasteiger partial charge in [-0.25, -0.2) is 9.36 Å². The zero-order chi connectivity index (χ0) is 18.7. The molecule has 0 saturated heterocycles. The molecule has 24 heavy (non-hydrogen) atoms. The quantitative estimate of drug-likeness (QED) is 0.739. The molecule has 1 N–H and O–H groups in total. The average Bonchev–Trinajstić information content (AvgIpc) is 2.74. The van der Waals surface area contributed by atoms with E-state index in [2.05, 4.69) is 39.1 Å². The number of carbonyl (C=O) groups is 1. The first-order valence-corrected chi connectivity index (χ1v) is 8.98. The Hall–Kier alpha value is -1.27. The second kappa shape index (κ2) is 8.21. The molecule has 0 aliphatic rings. The summed E-state index contributed by atoms with van der Waals surface area (Å²) < 4.78 is 8.14. The highest BCUT2D eigenvalue weighted by atomic mass is 79.9. The third-order valence-corrected chi connectivity index (χ3v) is 4.32. The lowest BCUT2D eigenvalue weighted by atomic mass is 10.1. The van der Waals surface area contributed by atoms with E-state index in [1.165, 1.54) is 0 Å². The summed E-state index contributed by atoms with van der Waals surface area (Å²) in [6.45, 7) is 9.76. The first-order chi connectivity index (χ1) is 11.0. The highest BCUT2D eigenvalue weighted by molar-refractivity contribution is 9.11. The van der Waals surface area contributed by atoms with E-state index in [0.717, 1.165) is 28.0 Å². The van der Waals surface area contributed by atoms with Gasteiger partial charge in [-0.15, -0.1) is 0 Å². The number of nitrogens with one attached hydrogen (secondary N) is 1. The molecule has 0 bridgehead atoms. The Morgan fingerprint density at radius 2 is 2.04 bits per heavy atom. The van der Waals surface area contributed by atoms with Crippen molar-refractivity contribution in [2.45, 2.75) is 52.7 Å². The molecule has 1 rings (SSSR count). The molecule has 5 nitrogen and oxygen atoms in total. The molecule has 136 valence electrons. The summed E-state index contributed by atoms with van der Waals surface area (Å²) in [5.41, 5.74) is 2.24. The van der Waals surface area contributed by atoms with Crippen LogP contribution in [0, 0.1) is 6.92 Å². The maximum Gasteiger partial charge on any atom is 0.419 e. The van der Waals surface area contributed by atoms with E-state index < -0.39 is 5.60 Å². The fraction of sp³-hybridized carbons (Fsp3) is 0.611. The lowest BCUT2D eigenvalue weighted by Crippen LogP contribution is -2.31. The Bertz CT molecular complexity index is 613. The number of nitrogens with zero attached hydrogens (tertiary/aromatic N) is 2. The largest absolute Gasteiger partial charge is 0.443 e. The van der Waals surface area contributed by atoms with Crippen molar-refractivity contribution >= 4 is 28.1 Å². The summed E-state index contributed by atoms with van der Waals surface area (Å²) >= 11 is 3.46. The lowest BCUT2D eigenvalue weighted by molar-refractivity contribution is 0.0524. The van der Waals surface area contributed by atoms with E-state index in [-0.39, 0.29) is 12.1 Å². The summed E-state index contributed by atoms with van der Waals surface area (Å²) in [7, 11) is 5.87. The molecule has 0 aliphatic heterocycles. The van der Waals surface area contributed by atoms with Gasteiger partial charge >= 0.3 is 6.09 Å². The van der Waals surface area contributed by atoms with Crippen LogP contribution in [0.4, 0.5) is 4.79 Å². The SMILES string of the molecule is CCC(c1cc(C)c(/C=C(/Br)NC)n1C(=O)OC(C)(C)C)N(C)C. The summed E-state index contributed by atoms with van der Waals surface area (Å²) in [4.78, 5) is 15.0. The maximum absolute atomic E-state index is 12.9. The fourth-order valence-electron chi connectivity index (χ4n) is 2.64. The number of ether oxygens (including phenoxy) is 1. The normalized spacial score (nSPS) is 14.0. The number of aromatic nitrogens is 1. The van der Waals surface area contributed by atoms with Crippen molar-refractivity contribution in [3.05, 3.63) is 27.6 Å². The van der Waals surface area contributed by atoms with Gasteiger partial charge in [0.2, 0.25) is 0 Å². The third kappa shape index (κ3) is 5.11. The molecular weight excluding hydrogens is 370 g/mol. The van der Waals surface area contributed by atoms with Crippen molar-refractivity contribution in [2.75, 3.05) is 21.1 Å². The van der Waals surface area contributed by atoms with Crippen LogP contribution in [0.15, 0.2) is 10.7 Å². The number of hydrogen-bond donors (Lipinski definition) is 1. The number of halogens is 1. The van der Waals surface area contributed by atoms with Crippen LogP contribution in [0.2, 0.25) is 0 Å². The summed E-state index contributed by atoms with van der Waals surface area (Å²) in [6, 6.07) is 2.20. The molecule has 0 spiro atoms. The minimum Gasteiger partial charge on any atom is -0.443 e. The predicted molar refractivity (Wildman–Crippen MR) is 103 cm³/mol. The van der Waals surface area contributed by atoms with Gasteiger partial charge in [0.25, 0.3) is 0 Å². The van der Waals surface area contributed by atoms with E-state index in [0.29, 0.717) is 0 Å². The van der Waals surface area contributed by atoms with Crippen LogP contribution >= 0.6 is 15.9 Å². The van der Waals surface area contributed by atoms with Crippen LogP contribution < -0.4 is 5.32 Å². The Morgan fingerprint density at radius 1 is 1.46 bits per heavy atom. The van der Waals surface area contributed by atoms with Crippen molar-refractivity contribution in [3.63, 3.8) is 0 Å². The van der Waals surface area contributed by atoms with Gasteiger partial charge in [-0.2, -0.15) is 0 Å². The van der Waals surface area contributed by atoms with Crippen LogP contribution in [-0.4, -0.2) is 42.3 Å². The van der Waals surface area contributed by atoms with E-state index >= 15 is 0 Å². The summed E-state index contributed by atoms with van der Waals surface area (Å²) in [5.74, 6) is 0.